The number of benzene rings is 1. The van der Waals surface area contributed by atoms with Gasteiger partial charge in [-0.05, 0) is 30.5 Å². The van der Waals surface area contributed by atoms with E-state index < -0.39 is 0 Å². The second-order valence-electron chi connectivity index (χ2n) is 4.53. The van der Waals surface area contributed by atoms with Crippen molar-refractivity contribution < 1.29 is 4.79 Å². The van der Waals surface area contributed by atoms with Gasteiger partial charge in [-0.25, -0.2) is 0 Å². The van der Waals surface area contributed by atoms with Crippen LogP contribution in [0, 0.1) is 6.92 Å². The lowest BCUT2D eigenvalue weighted by atomic mass is 10.1. The molecule has 1 saturated heterocycles. The molecule has 1 amide bonds. The molecule has 1 aliphatic heterocycles. The van der Waals surface area contributed by atoms with E-state index in [1.165, 1.54) is 11.1 Å². The summed E-state index contributed by atoms with van der Waals surface area (Å²) in [6, 6.07) is 6.65. The maximum Gasteiger partial charge on any atom is 0.220 e. The van der Waals surface area contributed by atoms with E-state index in [9.17, 15) is 4.79 Å². The Balaban J connectivity index is 1.80. The second-order valence-corrected chi connectivity index (χ2v) is 5.38. The van der Waals surface area contributed by atoms with Gasteiger partial charge in [-0.3, -0.25) is 4.79 Å². The van der Waals surface area contributed by atoms with Gasteiger partial charge in [-0.15, -0.1) is 0 Å². The van der Waals surface area contributed by atoms with E-state index in [1.807, 2.05) is 0 Å². The van der Waals surface area contributed by atoms with Gasteiger partial charge in [-0.1, -0.05) is 28.1 Å². The number of amides is 1. The third-order valence-electron chi connectivity index (χ3n) is 3.00. The highest BCUT2D eigenvalue weighted by molar-refractivity contribution is 9.10. The first-order valence-corrected chi connectivity index (χ1v) is 6.69. The Morgan fingerprint density at radius 2 is 2.35 bits per heavy atom. The number of halogens is 1. The van der Waals surface area contributed by atoms with Gasteiger partial charge in [0.1, 0.15) is 0 Å². The summed E-state index contributed by atoms with van der Waals surface area (Å²) in [7, 11) is 0. The molecular weight excluding hydrogens is 280 g/mol. The zero-order valence-corrected chi connectivity index (χ0v) is 11.5. The first-order chi connectivity index (χ1) is 8.15. The molecule has 1 aliphatic rings. The van der Waals surface area contributed by atoms with E-state index in [0.29, 0.717) is 12.5 Å². The van der Waals surface area contributed by atoms with Crippen LogP contribution in [0.2, 0.25) is 0 Å². The molecule has 0 aromatic heterocycles. The summed E-state index contributed by atoms with van der Waals surface area (Å²) >= 11 is 3.56. The molecule has 3 nitrogen and oxygen atoms in total. The lowest BCUT2D eigenvalue weighted by Gasteiger charge is -2.12. The highest BCUT2D eigenvalue weighted by atomic mass is 79.9. The molecule has 0 aliphatic carbocycles. The van der Waals surface area contributed by atoms with Crippen molar-refractivity contribution >= 4 is 21.8 Å². The Labute approximate surface area is 110 Å². The number of hydrogen-bond acceptors (Lipinski definition) is 2. The topological polar surface area (TPSA) is 41.1 Å². The predicted octanol–water partition coefficient (Wildman–Crippen LogP) is 2.13. The van der Waals surface area contributed by atoms with Gasteiger partial charge in [0.25, 0.3) is 0 Å². The number of rotatable bonds is 4. The fourth-order valence-corrected chi connectivity index (χ4v) is 2.64. The molecule has 0 spiro atoms. The van der Waals surface area contributed by atoms with Crippen LogP contribution in [0.4, 0.5) is 0 Å². The SMILES string of the molecule is Cc1ccc(CNCC2CCC(=O)N2)c(Br)c1. The third kappa shape index (κ3) is 3.54. The minimum Gasteiger partial charge on any atom is -0.352 e. The minimum atomic E-state index is 0.174. The van der Waals surface area contributed by atoms with Crippen LogP contribution in [0.15, 0.2) is 22.7 Å². The predicted molar refractivity (Wildman–Crippen MR) is 71.8 cm³/mol. The Morgan fingerprint density at radius 1 is 1.53 bits per heavy atom. The van der Waals surface area contributed by atoms with Crippen LogP contribution in [0.25, 0.3) is 0 Å². The van der Waals surface area contributed by atoms with E-state index in [0.717, 1.165) is 24.0 Å². The summed E-state index contributed by atoms with van der Waals surface area (Å²) in [5, 5.41) is 6.33. The largest absolute Gasteiger partial charge is 0.352 e. The molecule has 4 heteroatoms. The molecule has 1 fully saturated rings. The Hall–Kier alpha value is -0.870. The van der Waals surface area contributed by atoms with Crippen molar-refractivity contribution in [3.05, 3.63) is 33.8 Å². The van der Waals surface area contributed by atoms with Gasteiger partial charge in [-0.2, -0.15) is 0 Å². The summed E-state index contributed by atoms with van der Waals surface area (Å²) in [4.78, 5) is 11.0. The van der Waals surface area contributed by atoms with Crippen LogP contribution >= 0.6 is 15.9 Å². The molecule has 0 radical (unpaired) electrons. The Bertz CT molecular complexity index is 420. The number of carbonyl (C=O) groups is 1. The van der Waals surface area contributed by atoms with Crippen LogP contribution in [0.5, 0.6) is 0 Å². The van der Waals surface area contributed by atoms with E-state index in [-0.39, 0.29) is 5.91 Å². The quantitative estimate of drug-likeness (QED) is 0.894. The van der Waals surface area contributed by atoms with Gasteiger partial charge < -0.3 is 10.6 Å². The molecule has 1 heterocycles. The molecule has 0 saturated carbocycles. The van der Waals surface area contributed by atoms with Crippen molar-refractivity contribution in [2.45, 2.75) is 32.4 Å². The van der Waals surface area contributed by atoms with Gasteiger partial charge >= 0.3 is 0 Å². The molecule has 1 atom stereocenters. The van der Waals surface area contributed by atoms with Gasteiger partial charge in [0.15, 0.2) is 0 Å². The fraction of sp³-hybridized carbons (Fsp3) is 0.462. The minimum absolute atomic E-state index is 0.174. The fourth-order valence-electron chi connectivity index (χ4n) is 2.01. The standard InChI is InChI=1S/C13H17BrN2O/c1-9-2-3-10(12(14)6-9)7-15-8-11-4-5-13(17)16-11/h2-3,6,11,15H,4-5,7-8H2,1H3,(H,16,17). The Kier molecular flexibility index (Phi) is 4.18. The summed E-state index contributed by atoms with van der Waals surface area (Å²) in [5.41, 5.74) is 2.50. The first kappa shape index (κ1) is 12.6. The first-order valence-electron chi connectivity index (χ1n) is 5.90. The van der Waals surface area contributed by atoms with Crippen LogP contribution in [0.1, 0.15) is 24.0 Å². The molecule has 2 N–H and O–H groups in total. The van der Waals surface area contributed by atoms with Crippen molar-refractivity contribution in [3.8, 4) is 0 Å². The van der Waals surface area contributed by atoms with E-state index >= 15 is 0 Å². The number of carbonyl (C=O) groups excluding carboxylic acids is 1. The highest BCUT2D eigenvalue weighted by Gasteiger charge is 2.19. The molecular formula is C13H17BrN2O. The lowest BCUT2D eigenvalue weighted by molar-refractivity contribution is -0.119. The molecule has 0 bridgehead atoms. The summed E-state index contributed by atoms with van der Waals surface area (Å²) < 4.78 is 1.14. The summed E-state index contributed by atoms with van der Waals surface area (Å²) in [5.74, 6) is 0.174. The maximum atomic E-state index is 11.0. The average molecular weight is 297 g/mol. The molecule has 17 heavy (non-hydrogen) atoms. The van der Waals surface area contributed by atoms with E-state index in [1.54, 1.807) is 0 Å². The molecule has 92 valence electrons. The lowest BCUT2D eigenvalue weighted by Crippen LogP contribution is -2.35. The zero-order chi connectivity index (χ0) is 12.3. The van der Waals surface area contributed by atoms with Gasteiger partial charge in [0.2, 0.25) is 5.91 Å². The van der Waals surface area contributed by atoms with Crippen molar-refractivity contribution in [2.75, 3.05) is 6.54 Å². The zero-order valence-electron chi connectivity index (χ0n) is 9.92. The normalized spacial score (nSPS) is 19.4. The smallest absolute Gasteiger partial charge is 0.220 e. The molecule has 1 aromatic carbocycles. The summed E-state index contributed by atoms with van der Waals surface area (Å²) in [6.45, 7) is 3.75. The van der Waals surface area contributed by atoms with Crippen molar-refractivity contribution in [1.82, 2.24) is 10.6 Å². The number of nitrogens with one attached hydrogen (secondary N) is 2. The Morgan fingerprint density at radius 3 is 3.00 bits per heavy atom. The summed E-state index contributed by atoms with van der Waals surface area (Å²) in [6.07, 6.45) is 1.61. The van der Waals surface area contributed by atoms with Crippen LogP contribution in [-0.4, -0.2) is 18.5 Å². The van der Waals surface area contributed by atoms with E-state index in [4.69, 9.17) is 0 Å². The van der Waals surface area contributed by atoms with Crippen LogP contribution in [0.3, 0.4) is 0 Å². The number of aryl methyl sites for hydroxylation is 1. The monoisotopic (exact) mass is 296 g/mol. The van der Waals surface area contributed by atoms with Crippen LogP contribution in [-0.2, 0) is 11.3 Å². The van der Waals surface area contributed by atoms with Gasteiger partial charge in [0, 0.05) is 30.0 Å². The van der Waals surface area contributed by atoms with Gasteiger partial charge in [0.05, 0.1) is 0 Å². The van der Waals surface area contributed by atoms with Crippen LogP contribution < -0.4 is 10.6 Å². The molecule has 1 unspecified atom stereocenters. The third-order valence-corrected chi connectivity index (χ3v) is 3.74. The number of hydrogen-bond donors (Lipinski definition) is 2. The van der Waals surface area contributed by atoms with E-state index in [2.05, 4.69) is 51.7 Å². The highest BCUT2D eigenvalue weighted by Crippen LogP contribution is 2.18. The average Bonchev–Trinajstić information content (AvgIpc) is 2.68. The van der Waals surface area contributed by atoms with Crippen molar-refractivity contribution in [3.63, 3.8) is 0 Å². The molecule has 2 rings (SSSR count). The van der Waals surface area contributed by atoms with Crippen molar-refractivity contribution in [1.29, 1.82) is 0 Å². The molecule has 1 aromatic rings. The van der Waals surface area contributed by atoms with Crippen molar-refractivity contribution in [2.24, 2.45) is 0 Å². The maximum absolute atomic E-state index is 11.0. The second kappa shape index (κ2) is 5.65.